The third-order valence-electron chi connectivity index (χ3n) is 5.18. The molecule has 0 spiro atoms. The van der Waals surface area contributed by atoms with Crippen molar-refractivity contribution in [3.05, 3.63) is 58.1 Å². The SMILES string of the molecule is Cc1onc(-c2ccccc2Cl)c1C(=O)N1CCC[C@@H]1c1cc(C(C)C)on1. The Morgan fingerprint density at radius 1 is 1.25 bits per heavy atom. The van der Waals surface area contributed by atoms with Crippen molar-refractivity contribution in [1.29, 1.82) is 0 Å². The number of rotatable bonds is 4. The summed E-state index contributed by atoms with van der Waals surface area (Å²) >= 11 is 6.33. The van der Waals surface area contributed by atoms with Gasteiger partial charge in [-0.15, -0.1) is 0 Å². The van der Waals surface area contributed by atoms with Crippen molar-refractivity contribution >= 4 is 17.5 Å². The summed E-state index contributed by atoms with van der Waals surface area (Å²) in [5.41, 5.74) is 2.40. The number of aromatic nitrogens is 2. The van der Waals surface area contributed by atoms with Gasteiger partial charge in [-0.2, -0.15) is 0 Å². The fraction of sp³-hybridized carbons (Fsp3) is 0.381. The second-order valence-electron chi connectivity index (χ2n) is 7.41. The Kier molecular flexibility index (Phi) is 4.98. The van der Waals surface area contributed by atoms with E-state index in [1.807, 2.05) is 29.2 Å². The predicted molar refractivity (Wildman–Crippen MR) is 105 cm³/mol. The van der Waals surface area contributed by atoms with Gasteiger partial charge in [0.05, 0.1) is 11.1 Å². The molecule has 0 saturated carbocycles. The molecular weight excluding hydrogens is 378 g/mol. The van der Waals surface area contributed by atoms with E-state index < -0.39 is 0 Å². The van der Waals surface area contributed by atoms with Gasteiger partial charge in [-0.3, -0.25) is 4.79 Å². The van der Waals surface area contributed by atoms with E-state index in [2.05, 4.69) is 24.2 Å². The van der Waals surface area contributed by atoms with Gasteiger partial charge in [-0.05, 0) is 25.8 Å². The third-order valence-corrected chi connectivity index (χ3v) is 5.51. The van der Waals surface area contributed by atoms with Crippen molar-refractivity contribution < 1.29 is 13.8 Å². The third kappa shape index (κ3) is 3.22. The molecule has 28 heavy (non-hydrogen) atoms. The molecule has 6 nitrogen and oxygen atoms in total. The Bertz CT molecular complexity index is 1010. The normalized spacial score (nSPS) is 16.9. The second-order valence-corrected chi connectivity index (χ2v) is 7.81. The topological polar surface area (TPSA) is 72.4 Å². The highest BCUT2D eigenvalue weighted by Gasteiger charge is 2.36. The highest BCUT2D eigenvalue weighted by molar-refractivity contribution is 6.33. The van der Waals surface area contributed by atoms with Crippen LogP contribution in [0.25, 0.3) is 11.3 Å². The number of benzene rings is 1. The van der Waals surface area contributed by atoms with Crippen molar-refractivity contribution in [2.24, 2.45) is 0 Å². The quantitative estimate of drug-likeness (QED) is 0.587. The van der Waals surface area contributed by atoms with Gasteiger partial charge >= 0.3 is 0 Å². The maximum atomic E-state index is 13.5. The molecule has 0 bridgehead atoms. The van der Waals surface area contributed by atoms with Gasteiger partial charge in [0.15, 0.2) is 0 Å². The molecule has 1 fully saturated rings. The highest BCUT2D eigenvalue weighted by atomic mass is 35.5. The molecule has 1 atom stereocenters. The van der Waals surface area contributed by atoms with E-state index in [9.17, 15) is 4.79 Å². The molecule has 0 N–H and O–H groups in total. The largest absolute Gasteiger partial charge is 0.361 e. The van der Waals surface area contributed by atoms with Crippen molar-refractivity contribution in [3.8, 4) is 11.3 Å². The molecule has 1 amide bonds. The minimum Gasteiger partial charge on any atom is -0.361 e. The molecule has 1 saturated heterocycles. The van der Waals surface area contributed by atoms with Crippen LogP contribution < -0.4 is 0 Å². The lowest BCUT2D eigenvalue weighted by Gasteiger charge is -2.23. The van der Waals surface area contributed by atoms with E-state index in [1.165, 1.54) is 0 Å². The van der Waals surface area contributed by atoms with E-state index in [4.69, 9.17) is 20.6 Å². The molecule has 7 heteroatoms. The molecule has 1 aliphatic heterocycles. The minimum absolute atomic E-state index is 0.114. The summed E-state index contributed by atoms with van der Waals surface area (Å²) in [6.45, 7) is 6.51. The van der Waals surface area contributed by atoms with Gasteiger partial charge in [0.1, 0.15) is 28.5 Å². The summed E-state index contributed by atoms with van der Waals surface area (Å²) in [5.74, 6) is 1.44. The molecule has 0 aliphatic carbocycles. The number of likely N-dealkylation sites (tertiary alicyclic amines) is 1. The molecule has 3 aromatic rings. The van der Waals surface area contributed by atoms with Crippen LogP contribution in [0.4, 0.5) is 0 Å². The maximum absolute atomic E-state index is 13.5. The van der Waals surface area contributed by atoms with Crippen LogP contribution in [0.2, 0.25) is 5.02 Å². The summed E-state index contributed by atoms with van der Waals surface area (Å²) in [4.78, 5) is 15.3. The number of hydrogen-bond acceptors (Lipinski definition) is 5. The summed E-state index contributed by atoms with van der Waals surface area (Å²) in [6, 6.07) is 9.16. The lowest BCUT2D eigenvalue weighted by molar-refractivity contribution is 0.0729. The average molecular weight is 400 g/mol. The molecule has 3 heterocycles. The predicted octanol–water partition coefficient (Wildman–Crippen LogP) is 5.39. The number of amides is 1. The Morgan fingerprint density at radius 3 is 2.75 bits per heavy atom. The fourth-order valence-corrected chi connectivity index (χ4v) is 3.88. The van der Waals surface area contributed by atoms with Crippen LogP contribution in [0.1, 0.15) is 66.2 Å². The number of aryl methyl sites for hydroxylation is 1. The first kappa shape index (κ1) is 18.7. The molecule has 146 valence electrons. The van der Waals surface area contributed by atoms with Crippen LogP contribution in [-0.4, -0.2) is 27.7 Å². The zero-order chi connectivity index (χ0) is 19.8. The summed E-state index contributed by atoms with van der Waals surface area (Å²) in [6.07, 6.45) is 1.76. The van der Waals surface area contributed by atoms with E-state index in [0.29, 0.717) is 34.1 Å². The summed E-state index contributed by atoms with van der Waals surface area (Å²) in [5, 5.41) is 8.87. The summed E-state index contributed by atoms with van der Waals surface area (Å²) < 4.78 is 10.8. The number of carbonyl (C=O) groups excluding carboxylic acids is 1. The molecule has 2 aromatic heterocycles. The average Bonchev–Trinajstić information content (AvgIpc) is 3.40. The Balaban J connectivity index is 1.69. The smallest absolute Gasteiger partial charge is 0.260 e. The van der Waals surface area contributed by atoms with Gasteiger partial charge in [0.25, 0.3) is 5.91 Å². The maximum Gasteiger partial charge on any atom is 0.260 e. The standard InChI is InChI=1S/C21H22ClN3O3/c1-12(2)18-11-16(23-28-18)17-9-6-10-25(17)21(26)19-13(3)27-24-20(19)14-7-4-5-8-15(14)22/h4-5,7-8,11-12,17H,6,9-10H2,1-3H3/t17-/m1/s1. The van der Waals surface area contributed by atoms with Crippen LogP contribution in [0.5, 0.6) is 0 Å². The first-order chi connectivity index (χ1) is 13.5. The van der Waals surface area contributed by atoms with E-state index in [1.54, 1.807) is 13.0 Å². The minimum atomic E-state index is -0.120. The second kappa shape index (κ2) is 7.43. The number of carbonyl (C=O) groups is 1. The fourth-order valence-electron chi connectivity index (χ4n) is 3.65. The van der Waals surface area contributed by atoms with Crippen molar-refractivity contribution in [1.82, 2.24) is 15.2 Å². The number of halogens is 1. The molecule has 1 aromatic carbocycles. The highest BCUT2D eigenvalue weighted by Crippen LogP contribution is 2.37. The van der Waals surface area contributed by atoms with Gasteiger partial charge in [0.2, 0.25) is 0 Å². The van der Waals surface area contributed by atoms with Crippen LogP contribution in [0, 0.1) is 6.92 Å². The van der Waals surface area contributed by atoms with Crippen LogP contribution in [-0.2, 0) is 0 Å². The Labute approximate surface area is 168 Å². The van der Waals surface area contributed by atoms with E-state index >= 15 is 0 Å². The number of hydrogen-bond donors (Lipinski definition) is 0. The van der Waals surface area contributed by atoms with Crippen LogP contribution in [0.3, 0.4) is 0 Å². The summed E-state index contributed by atoms with van der Waals surface area (Å²) in [7, 11) is 0. The van der Waals surface area contributed by atoms with Crippen molar-refractivity contribution in [2.45, 2.75) is 45.6 Å². The first-order valence-corrected chi connectivity index (χ1v) is 9.83. The van der Waals surface area contributed by atoms with E-state index in [-0.39, 0.29) is 17.9 Å². The monoisotopic (exact) mass is 399 g/mol. The van der Waals surface area contributed by atoms with Gasteiger partial charge in [-0.1, -0.05) is 54.0 Å². The Morgan fingerprint density at radius 2 is 2.04 bits per heavy atom. The zero-order valence-electron chi connectivity index (χ0n) is 16.1. The molecular formula is C21H22ClN3O3. The first-order valence-electron chi connectivity index (χ1n) is 9.46. The molecule has 0 unspecified atom stereocenters. The molecule has 0 radical (unpaired) electrons. The van der Waals surface area contributed by atoms with Crippen LogP contribution in [0.15, 0.2) is 39.4 Å². The number of nitrogens with zero attached hydrogens (tertiary/aromatic N) is 3. The van der Waals surface area contributed by atoms with Gasteiger partial charge in [-0.25, -0.2) is 0 Å². The van der Waals surface area contributed by atoms with Crippen LogP contribution >= 0.6 is 11.6 Å². The molecule has 1 aliphatic rings. The van der Waals surface area contributed by atoms with Crippen molar-refractivity contribution in [2.75, 3.05) is 6.54 Å². The van der Waals surface area contributed by atoms with Gasteiger partial charge < -0.3 is 13.9 Å². The molecule has 4 rings (SSSR count). The van der Waals surface area contributed by atoms with Crippen molar-refractivity contribution in [3.63, 3.8) is 0 Å². The lowest BCUT2D eigenvalue weighted by atomic mass is 10.0. The lowest BCUT2D eigenvalue weighted by Crippen LogP contribution is -2.31. The van der Waals surface area contributed by atoms with E-state index in [0.717, 1.165) is 24.3 Å². The van der Waals surface area contributed by atoms with Gasteiger partial charge in [0, 0.05) is 24.1 Å². The zero-order valence-corrected chi connectivity index (χ0v) is 16.9. The Hall–Kier alpha value is -2.60.